The summed E-state index contributed by atoms with van der Waals surface area (Å²) in [5.74, 6) is 2.72. The van der Waals surface area contributed by atoms with Crippen LogP contribution in [0.2, 0.25) is 37.8 Å². The van der Waals surface area contributed by atoms with E-state index in [0.717, 1.165) is 31.0 Å². The molecule has 0 saturated heterocycles. The van der Waals surface area contributed by atoms with Crippen LogP contribution in [0.4, 0.5) is 0 Å². The van der Waals surface area contributed by atoms with E-state index in [9.17, 15) is 13.5 Å². The molecule has 33 heavy (non-hydrogen) atoms. The first kappa shape index (κ1) is 26.7. The van der Waals surface area contributed by atoms with Crippen LogP contribution in [0.15, 0.2) is 35.2 Å². The minimum Gasteiger partial charge on any atom is -0.393 e. The molecule has 4 nitrogen and oxygen atoms in total. The summed E-state index contributed by atoms with van der Waals surface area (Å²) in [6, 6.07) is 11.4. The summed E-state index contributed by atoms with van der Waals surface area (Å²) in [7, 11) is -6.36. The summed E-state index contributed by atoms with van der Waals surface area (Å²) >= 11 is 0. The standard InChI is InChI=1S/C26H42O4SSi2/c1-8-33(9-2,10-3)26(31(28,29)21-15-12-11-13-16-21)23(18-20-32(5,6)7)25(30-4)19-14-17-22(27)24(25)26/h11-13,15-16,22-24,27H,8-10,14,17,19H2,1-7H3/t22-,23+,24+,25-,26+/m1/s1. The number of ether oxygens (including phenoxy) is 1. The van der Waals surface area contributed by atoms with Gasteiger partial charge in [-0.15, -0.1) is 11.5 Å². The quantitative estimate of drug-likeness (QED) is 0.402. The van der Waals surface area contributed by atoms with Crippen molar-refractivity contribution in [2.75, 3.05) is 7.11 Å². The molecule has 1 N–H and O–H groups in total. The van der Waals surface area contributed by atoms with Gasteiger partial charge >= 0.3 is 0 Å². The predicted octanol–water partition coefficient (Wildman–Crippen LogP) is 5.30. The number of rotatable bonds is 7. The van der Waals surface area contributed by atoms with Crippen LogP contribution in [0.5, 0.6) is 0 Å². The van der Waals surface area contributed by atoms with Crippen LogP contribution in [0, 0.1) is 23.3 Å². The average molecular weight is 507 g/mol. The topological polar surface area (TPSA) is 63.6 Å². The van der Waals surface area contributed by atoms with E-state index in [2.05, 4.69) is 51.9 Å². The number of methoxy groups -OCH3 is 1. The molecule has 1 aromatic rings. The van der Waals surface area contributed by atoms with E-state index in [1.54, 1.807) is 31.4 Å². The van der Waals surface area contributed by atoms with E-state index in [4.69, 9.17) is 4.74 Å². The molecular weight excluding hydrogens is 465 g/mol. The van der Waals surface area contributed by atoms with Gasteiger partial charge in [-0.25, -0.2) is 8.42 Å². The molecule has 7 heteroatoms. The summed E-state index contributed by atoms with van der Waals surface area (Å²) in [5.41, 5.74) is 2.83. The number of fused-ring (bicyclic) bond motifs is 1. The van der Waals surface area contributed by atoms with E-state index in [0.29, 0.717) is 11.3 Å². The molecule has 1 aromatic carbocycles. The Morgan fingerprint density at radius 3 is 2.15 bits per heavy atom. The Hall–Kier alpha value is -0.916. The molecule has 2 aliphatic carbocycles. The average Bonchev–Trinajstić information content (AvgIpc) is 2.77. The molecule has 5 atom stereocenters. The Kier molecular flexibility index (Phi) is 7.50. The highest BCUT2D eigenvalue weighted by molar-refractivity contribution is 7.95. The Morgan fingerprint density at radius 1 is 1.09 bits per heavy atom. The maximum absolute atomic E-state index is 14.9. The molecule has 2 saturated carbocycles. The van der Waals surface area contributed by atoms with Crippen molar-refractivity contribution in [3.63, 3.8) is 0 Å². The molecule has 0 aromatic heterocycles. The van der Waals surface area contributed by atoms with Crippen molar-refractivity contribution in [2.24, 2.45) is 11.8 Å². The van der Waals surface area contributed by atoms with Gasteiger partial charge in [-0.2, -0.15) is 0 Å². The lowest BCUT2D eigenvalue weighted by Gasteiger charge is -2.72. The fraction of sp³-hybridized carbons (Fsp3) is 0.692. The SMILES string of the molecule is CC[Si](CC)(CC)[C@@]1(S(=O)(=O)c2ccccc2)[C@@H](C#C[Si](C)(C)C)[C@]2(OC)CCC[C@@H](O)[C@@H]21. The zero-order valence-electron chi connectivity index (χ0n) is 21.4. The Balaban J connectivity index is 2.46. The number of aliphatic hydroxyl groups excluding tert-OH is 1. The fourth-order valence-corrected chi connectivity index (χ4v) is 19.0. The van der Waals surface area contributed by atoms with Crippen molar-refractivity contribution in [2.45, 2.75) is 98.8 Å². The maximum Gasteiger partial charge on any atom is 0.183 e. The van der Waals surface area contributed by atoms with E-state index >= 15 is 0 Å². The second-order valence-corrected chi connectivity index (χ2v) is 23.8. The highest BCUT2D eigenvalue weighted by Gasteiger charge is 2.83. The van der Waals surface area contributed by atoms with E-state index < -0.39 is 53.9 Å². The molecule has 0 aliphatic heterocycles. The molecule has 2 fully saturated rings. The van der Waals surface area contributed by atoms with Gasteiger partial charge in [0.1, 0.15) is 8.07 Å². The molecule has 0 spiro atoms. The zero-order valence-corrected chi connectivity index (χ0v) is 24.3. The monoisotopic (exact) mass is 506 g/mol. The van der Waals surface area contributed by atoms with Crippen LogP contribution in [0.1, 0.15) is 40.0 Å². The molecule has 3 rings (SSSR count). The Bertz CT molecular complexity index is 996. The highest BCUT2D eigenvalue weighted by atomic mass is 32.2. The molecule has 0 unspecified atom stereocenters. The van der Waals surface area contributed by atoms with E-state index in [1.165, 1.54) is 0 Å². The second kappa shape index (κ2) is 9.27. The van der Waals surface area contributed by atoms with E-state index in [-0.39, 0.29) is 0 Å². The third-order valence-corrected chi connectivity index (χ3v) is 20.3. The van der Waals surface area contributed by atoms with Gasteiger partial charge in [-0.05, 0) is 31.4 Å². The lowest BCUT2D eigenvalue weighted by molar-refractivity contribution is -0.219. The van der Waals surface area contributed by atoms with Crippen LogP contribution in [0.3, 0.4) is 0 Å². The van der Waals surface area contributed by atoms with Gasteiger partial charge in [0, 0.05) is 13.0 Å². The minimum absolute atomic E-state index is 0.361. The second-order valence-electron chi connectivity index (χ2n) is 11.0. The highest BCUT2D eigenvalue weighted by Crippen LogP contribution is 2.69. The first-order valence-electron chi connectivity index (χ1n) is 12.5. The largest absolute Gasteiger partial charge is 0.393 e. The van der Waals surface area contributed by atoms with Crippen molar-refractivity contribution >= 4 is 26.0 Å². The lowest BCUT2D eigenvalue weighted by atomic mass is 9.53. The van der Waals surface area contributed by atoms with Crippen molar-refractivity contribution in [3.8, 4) is 11.5 Å². The van der Waals surface area contributed by atoms with Gasteiger partial charge in [0.05, 0.1) is 35.0 Å². The Morgan fingerprint density at radius 2 is 1.67 bits per heavy atom. The zero-order chi connectivity index (χ0) is 24.7. The van der Waals surface area contributed by atoms with Crippen LogP contribution in [-0.2, 0) is 14.6 Å². The first-order valence-corrected chi connectivity index (χ1v) is 20.1. The van der Waals surface area contributed by atoms with Gasteiger partial charge < -0.3 is 9.84 Å². The fourth-order valence-electron chi connectivity index (χ4n) is 7.14. The van der Waals surface area contributed by atoms with Gasteiger partial charge in [-0.3, -0.25) is 0 Å². The summed E-state index contributed by atoms with van der Waals surface area (Å²) in [6.45, 7) is 13.1. The smallest absolute Gasteiger partial charge is 0.183 e. The molecule has 184 valence electrons. The summed E-state index contributed by atoms with van der Waals surface area (Å²) in [6.07, 6.45) is 1.51. The third-order valence-electron chi connectivity index (χ3n) is 8.69. The van der Waals surface area contributed by atoms with E-state index in [1.807, 2.05) is 6.07 Å². The molecule has 0 amide bonds. The number of benzene rings is 1. The molecule has 2 aliphatic rings. The lowest BCUT2D eigenvalue weighted by Crippen LogP contribution is -2.88. The van der Waals surface area contributed by atoms with Gasteiger partial charge in [0.15, 0.2) is 9.84 Å². The Labute approximate surface area is 203 Å². The number of hydrogen-bond donors (Lipinski definition) is 1. The summed E-state index contributed by atoms with van der Waals surface area (Å²) in [5, 5.41) is 11.5. The molecule has 0 bridgehead atoms. The van der Waals surface area contributed by atoms with Gasteiger partial charge in [0.25, 0.3) is 0 Å². The maximum atomic E-state index is 14.9. The van der Waals surface area contributed by atoms with Crippen LogP contribution < -0.4 is 0 Å². The van der Waals surface area contributed by atoms with Crippen LogP contribution in [0.25, 0.3) is 0 Å². The predicted molar refractivity (Wildman–Crippen MR) is 141 cm³/mol. The van der Waals surface area contributed by atoms with Crippen LogP contribution >= 0.6 is 0 Å². The number of hydrogen-bond acceptors (Lipinski definition) is 4. The molecular formula is C26H42O4SSi2. The minimum atomic E-state index is -3.79. The van der Waals surface area contributed by atoms with Crippen molar-refractivity contribution in [1.29, 1.82) is 0 Å². The molecule has 0 radical (unpaired) electrons. The summed E-state index contributed by atoms with van der Waals surface area (Å²) < 4.78 is 34.9. The first-order chi connectivity index (χ1) is 15.4. The molecule has 0 heterocycles. The normalized spacial score (nSPS) is 32.3. The van der Waals surface area contributed by atoms with Crippen molar-refractivity contribution < 1.29 is 18.3 Å². The van der Waals surface area contributed by atoms with Crippen LogP contribution in [-0.4, -0.2) is 52.9 Å². The van der Waals surface area contributed by atoms with Crippen molar-refractivity contribution in [1.82, 2.24) is 0 Å². The van der Waals surface area contributed by atoms with Crippen molar-refractivity contribution in [3.05, 3.63) is 30.3 Å². The van der Waals surface area contributed by atoms with Gasteiger partial charge in [0.2, 0.25) is 0 Å². The number of aliphatic hydroxyl groups is 1. The summed E-state index contributed by atoms with van der Waals surface area (Å²) in [4.78, 5) is 0.361. The third kappa shape index (κ3) is 3.72. The number of sulfone groups is 1. The van der Waals surface area contributed by atoms with Gasteiger partial charge in [-0.1, -0.05) is 76.7 Å².